The molecule has 3 rings (SSSR count). The van der Waals surface area contributed by atoms with Crippen molar-refractivity contribution in [3.63, 3.8) is 0 Å². The number of amides is 1. The summed E-state index contributed by atoms with van der Waals surface area (Å²) in [4.78, 5) is 16.8. The minimum Gasteiger partial charge on any atom is -0.336 e. The molecular weight excluding hydrogens is 358 g/mol. The number of anilines is 1. The molecule has 0 saturated carbocycles. The molecule has 1 aliphatic heterocycles. The van der Waals surface area contributed by atoms with Gasteiger partial charge in [0.2, 0.25) is 10.0 Å². The van der Waals surface area contributed by atoms with Gasteiger partial charge in [-0.05, 0) is 40.6 Å². The van der Waals surface area contributed by atoms with Crippen LogP contribution in [-0.4, -0.2) is 56.6 Å². The Morgan fingerprint density at radius 1 is 1.20 bits per heavy atom. The van der Waals surface area contributed by atoms with Crippen molar-refractivity contribution in [3.8, 4) is 0 Å². The molecule has 1 amide bonds. The van der Waals surface area contributed by atoms with Crippen LogP contribution in [0.3, 0.4) is 0 Å². The Hall–Kier alpha value is -1.90. The highest BCUT2D eigenvalue weighted by molar-refractivity contribution is 7.92. The lowest BCUT2D eigenvalue weighted by atomic mass is 10.1. The molecule has 0 spiro atoms. The lowest BCUT2D eigenvalue weighted by Crippen LogP contribution is -2.48. The second-order valence-electron chi connectivity index (χ2n) is 6.15. The quantitative estimate of drug-likeness (QED) is 0.864. The zero-order valence-corrected chi connectivity index (χ0v) is 15.6. The Morgan fingerprint density at radius 3 is 2.60 bits per heavy atom. The van der Waals surface area contributed by atoms with E-state index in [0.29, 0.717) is 24.3 Å². The number of piperazine rings is 1. The minimum atomic E-state index is -3.36. The van der Waals surface area contributed by atoms with E-state index in [2.05, 4.69) is 26.4 Å². The fourth-order valence-corrected chi connectivity index (χ4v) is 4.08. The second kappa shape index (κ2) is 7.55. The van der Waals surface area contributed by atoms with Crippen molar-refractivity contribution < 1.29 is 13.2 Å². The Labute approximate surface area is 152 Å². The van der Waals surface area contributed by atoms with Crippen molar-refractivity contribution in [2.75, 3.05) is 37.2 Å². The predicted molar refractivity (Wildman–Crippen MR) is 100 cm³/mol. The summed E-state index contributed by atoms with van der Waals surface area (Å²) in [6.07, 6.45) is 1.09. The van der Waals surface area contributed by atoms with Gasteiger partial charge in [-0.1, -0.05) is 6.07 Å². The molecule has 2 heterocycles. The molecule has 1 N–H and O–H groups in total. The average Bonchev–Trinajstić information content (AvgIpc) is 3.06. The van der Waals surface area contributed by atoms with Gasteiger partial charge in [-0.3, -0.25) is 14.4 Å². The number of hydrogen-bond acceptors (Lipinski definition) is 5. The highest BCUT2D eigenvalue weighted by atomic mass is 32.2. The molecular formula is C17H21N3O3S2. The van der Waals surface area contributed by atoms with Crippen molar-refractivity contribution in [1.29, 1.82) is 0 Å². The zero-order valence-electron chi connectivity index (χ0n) is 14.0. The van der Waals surface area contributed by atoms with E-state index in [1.54, 1.807) is 35.6 Å². The number of benzene rings is 1. The van der Waals surface area contributed by atoms with Crippen molar-refractivity contribution in [3.05, 3.63) is 52.2 Å². The summed E-state index contributed by atoms with van der Waals surface area (Å²) in [5.74, 6) is -0.0627. The van der Waals surface area contributed by atoms with E-state index in [0.717, 1.165) is 25.9 Å². The van der Waals surface area contributed by atoms with Gasteiger partial charge in [0, 0.05) is 44.0 Å². The molecule has 6 nitrogen and oxygen atoms in total. The number of hydrogen-bond donors (Lipinski definition) is 1. The molecule has 1 aromatic carbocycles. The van der Waals surface area contributed by atoms with E-state index in [9.17, 15) is 13.2 Å². The van der Waals surface area contributed by atoms with E-state index >= 15 is 0 Å². The Bertz CT molecular complexity index is 827. The van der Waals surface area contributed by atoms with Crippen LogP contribution in [0.25, 0.3) is 0 Å². The molecule has 8 heteroatoms. The zero-order chi connectivity index (χ0) is 17.9. The highest BCUT2D eigenvalue weighted by Gasteiger charge is 2.22. The summed E-state index contributed by atoms with van der Waals surface area (Å²) in [6, 6.07) is 8.75. The van der Waals surface area contributed by atoms with Crippen LogP contribution in [0.5, 0.6) is 0 Å². The number of carbonyl (C=O) groups excluding carboxylic acids is 1. The molecule has 0 radical (unpaired) electrons. The van der Waals surface area contributed by atoms with Gasteiger partial charge in [-0.2, -0.15) is 11.3 Å². The monoisotopic (exact) mass is 379 g/mol. The second-order valence-corrected chi connectivity index (χ2v) is 8.68. The summed E-state index contributed by atoms with van der Waals surface area (Å²) in [6.45, 7) is 3.93. The fraction of sp³-hybridized carbons (Fsp3) is 0.353. The third kappa shape index (κ3) is 5.04. The topological polar surface area (TPSA) is 69.7 Å². The summed E-state index contributed by atoms with van der Waals surface area (Å²) >= 11 is 1.70. The van der Waals surface area contributed by atoms with Crippen molar-refractivity contribution in [1.82, 2.24) is 9.80 Å². The third-order valence-electron chi connectivity index (χ3n) is 4.06. The van der Waals surface area contributed by atoms with E-state index in [1.807, 2.05) is 4.90 Å². The molecule has 0 bridgehead atoms. The maximum atomic E-state index is 12.7. The van der Waals surface area contributed by atoms with Crippen LogP contribution in [0.1, 0.15) is 15.9 Å². The van der Waals surface area contributed by atoms with Crippen molar-refractivity contribution >= 4 is 33.0 Å². The van der Waals surface area contributed by atoms with Gasteiger partial charge in [0.15, 0.2) is 0 Å². The normalized spacial score (nSPS) is 16.0. The van der Waals surface area contributed by atoms with E-state index < -0.39 is 10.0 Å². The smallest absolute Gasteiger partial charge is 0.254 e. The largest absolute Gasteiger partial charge is 0.336 e. The van der Waals surface area contributed by atoms with Gasteiger partial charge in [0.1, 0.15) is 0 Å². The van der Waals surface area contributed by atoms with E-state index in [-0.39, 0.29) is 5.91 Å². The third-order valence-corrected chi connectivity index (χ3v) is 5.40. The molecule has 1 aliphatic rings. The van der Waals surface area contributed by atoms with Crippen molar-refractivity contribution in [2.45, 2.75) is 6.54 Å². The molecule has 0 unspecified atom stereocenters. The first-order valence-electron chi connectivity index (χ1n) is 8.01. The van der Waals surface area contributed by atoms with Gasteiger partial charge >= 0.3 is 0 Å². The Kier molecular flexibility index (Phi) is 5.41. The first kappa shape index (κ1) is 17.9. The molecule has 0 aliphatic carbocycles. The van der Waals surface area contributed by atoms with Crippen LogP contribution in [0.15, 0.2) is 41.1 Å². The standard InChI is InChI=1S/C17H21N3O3S2/c1-25(22,23)18-16-4-2-3-15(11-16)17(21)20-8-6-19(7-9-20)12-14-5-10-24-13-14/h2-5,10-11,13,18H,6-9,12H2,1H3. The van der Waals surface area contributed by atoms with E-state index in [1.165, 1.54) is 5.56 Å². The summed E-state index contributed by atoms with van der Waals surface area (Å²) in [5.41, 5.74) is 2.22. The summed E-state index contributed by atoms with van der Waals surface area (Å²) < 4.78 is 25.1. The SMILES string of the molecule is CS(=O)(=O)Nc1cccc(C(=O)N2CCN(Cc3ccsc3)CC2)c1. The number of rotatable bonds is 5. The maximum Gasteiger partial charge on any atom is 0.254 e. The molecule has 0 atom stereocenters. The van der Waals surface area contributed by atoms with Gasteiger partial charge in [-0.25, -0.2) is 8.42 Å². The number of carbonyl (C=O) groups is 1. The molecule has 134 valence electrons. The lowest BCUT2D eigenvalue weighted by Gasteiger charge is -2.34. The highest BCUT2D eigenvalue weighted by Crippen LogP contribution is 2.16. The minimum absolute atomic E-state index is 0.0627. The van der Waals surface area contributed by atoms with Crippen LogP contribution in [0.4, 0.5) is 5.69 Å². The fourth-order valence-electron chi connectivity index (χ4n) is 2.86. The Morgan fingerprint density at radius 2 is 1.96 bits per heavy atom. The number of nitrogens with zero attached hydrogens (tertiary/aromatic N) is 2. The average molecular weight is 380 g/mol. The van der Waals surface area contributed by atoms with Gasteiger partial charge < -0.3 is 4.90 Å². The van der Waals surface area contributed by atoms with Crippen LogP contribution < -0.4 is 4.72 Å². The van der Waals surface area contributed by atoms with Gasteiger partial charge in [0.25, 0.3) is 5.91 Å². The molecule has 2 aromatic rings. The number of sulfonamides is 1. The number of thiophene rings is 1. The first-order valence-corrected chi connectivity index (χ1v) is 10.8. The Balaban J connectivity index is 1.60. The molecule has 1 fully saturated rings. The molecule has 1 aromatic heterocycles. The number of nitrogens with one attached hydrogen (secondary N) is 1. The van der Waals surface area contributed by atoms with Crippen molar-refractivity contribution in [2.24, 2.45) is 0 Å². The lowest BCUT2D eigenvalue weighted by molar-refractivity contribution is 0.0628. The van der Waals surface area contributed by atoms with Crippen LogP contribution in [0, 0.1) is 0 Å². The van der Waals surface area contributed by atoms with Crippen LogP contribution in [-0.2, 0) is 16.6 Å². The summed E-state index contributed by atoms with van der Waals surface area (Å²) in [7, 11) is -3.36. The van der Waals surface area contributed by atoms with Gasteiger partial charge in [0.05, 0.1) is 6.26 Å². The van der Waals surface area contributed by atoms with Crippen LogP contribution in [0.2, 0.25) is 0 Å². The first-order chi connectivity index (χ1) is 11.9. The predicted octanol–water partition coefficient (Wildman–Crippen LogP) is 2.08. The van der Waals surface area contributed by atoms with Crippen LogP contribution >= 0.6 is 11.3 Å². The summed E-state index contributed by atoms with van der Waals surface area (Å²) in [5, 5.41) is 4.23. The van der Waals surface area contributed by atoms with E-state index in [4.69, 9.17) is 0 Å². The maximum absolute atomic E-state index is 12.7. The molecule has 25 heavy (non-hydrogen) atoms. The molecule has 1 saturated heterocycles. The van der Waals surface area contributed by atoms with Gasteiger partial charge in [-0.15, -0.1) is 0 Å².